The molecule has 0 aromatic heterocycles. The van der Waals surface area contributed by atoms with Crippen molar-refractivity contribution < 1.29 is 19.4 Å². The summed E-state index contributed by atoms with van der Waals surface area (Å²) in [6.45, 7) is 4.21. The van der Waals surface area contributed by atoms with Gasteiger partial charge >= 0.3 is 12.0 Å². The fraction of sp³-hybridized carbons (Fsp3) is 0.778. The molecule has 1 unspecified atom stereocenters. The van der Waals surface area contributed by atoms with Crippen LogP contribution in [0, 0.1) is 5.92 Å². The van der Waals surface area contributed by atoms with E-state index in [-0.39, 0.29) is 5.92 Å². The summed E-state index contributed by atoms with van der Waals surface area (Å²) in [7, 11) is 1.52. The zero-order valence-corrected chi connectivity index (χ0v) is 9.24. The minimum absolute atomic E-state index is 0.157. The second-order valence-electron chi connectivity index (χ2n) is 3.45. The fourth-order valence-electron chi connectivity index (χ4n) is 0.972. The average molecular weight is 218 g/mol. The van der Waals surface area contributed by atoms with E-state index in [0.717, 1.165) is 0 Å². The maximum atomic E-state index is 11.2. The van der Waals surface area contributed by atoms with Gasteiger partial charge in [-0.05, 0) is 5.92 Å². The number of hydrogen-bond acceptors (Lipinski definition) is 3. The van der Waals surface area contributed by atoms with Gasteiger partial charge in [0, 0.05) is 13.7 Å². The molecule has 0 saturated heterocycles. The molecular weight excluding hydrogens is 200 g/mol. The quantitative estimate of drug-likeness (QED) is 0.549. The van der Waals surface area contributed by atoms with Gasteiger partial charge in [0.15, 0.2) is 0 Å². The Morgan fingerprint density at radius 1 is 1.40 bits per heavy atom. The van der Waals surface area contributed by atoms with Gasteiger partial charge in [0.2, 0.25) is 0 Å². The van der Waals surface area contributed by atoms with E-state index < -0.39 is 18.0 Å². The Morgan fingerprint density at radius 3 is 2.40 bits per heavy atom. The first-order valence-electron chi connectivity index (χ1n) is 4.75. The molecule has 0 radical (unpaired) electrons. The minimum atomic E-state index is -1.04. The summed E-state index contributed by atoms with van der Waals surface area (Å²) in [5.41, 5.74) is 0. The number of carbonyl (C=O) groups excluding carboxylic acids is 1. The number of amides is 2. The molecular formula is C9H18N2O4. The van der Waals surface area contributed by atoms with E-state index in [0.29, 0.717) is 13.2 Å². The number of carboxylic acids is 1. The summed E-state index contributed by atoms with van der Waals surface area (Å²) >= 11 is 0. The molecule has 0 rings (SSSR count). The standard InChI is InChI=1S/C9H18N2O4/c1-6(2)7(8(12)13)11-9(14)10-4-5-15-3/h6-7H,4-5H2,1-3H3,(H,12,13)(H2,10,11,14). The number of hydrogen-bond donors (Lipinski definition) is 3. The van der Waals surface area contributed by atoms with Crippen molar-refractivity contribution in [2.24, 2.45) is 5.92 Å². The van der Waals surface area contributed by atoms with Crippen LogP contribution in [0.25, 0.3) is 0 Å². The van der Waals surface area contributed by atoms with Gasteiger partial charge in [-0.3, -0.25) is 0 Å². The number of carboxylic acid groups (broad SMARTS) is 1. The molecule has 1 atom stereocenters. The molecule has 88 valence electrons. The second-order valence-corrected chi connectivity index (χ2v) is 3.45. The summed E-state index contributed by atoms with van der Waals surface area (Å²) in [6, 6.07) is -1.36. The van der Waals surface area contributed by atoms with Crippen LogP contribution in [0.4, 0.5) is 4.79 Å². The van der Waals surface area contributed by atoms with Gasteiger partial charge in [-0.15, -0.1) is 0 Å². The Bertz CT molecular complexity index is 218. The monoisotopic (exact) mass is 218 g/mol. The highest BCUT2D eigenvalue weighted by Gasteiger charge is 2.22. The summed E-state index contributed by atoms with van der Waals surface area (Å²) in [5.74, 6) is -1.19. The van der Waals surface area contributed by atoms with Crippen LogP contribution in [0.15, 0.2) is 0 Å². The van der Waals surface area contributed by atoms with Crippen LogP contribution in [0.5, 0.6) is 0 Å². The predicted octanol–water partition coefficient (Wildman–Crippen LogP) is 0.0412. The van der Waals surface area contributed by atoms with Gasteiger partial charge < -0.3 is 20.5 Å². The van der Waals surface area contributed by atoms with Crippen molar-refractivity contribution in [1.82, 2.24) is 10.6 Å². The normalized spacial score (nSPS) is 12.3. The first-order valence-corrected chi connectivity index (χ1v) is 4.75. The Kier molecular flexibility index (Phi) is 6.44. The van der Waals surface area contributed by atoms with E-state index in [1.807, 2.05) is 0 Å². The topological polar surface area (TPSA) is 87.7 Å². The predicted molar refractivity (Wildman–Crippen MR) is 54.7 cm³/mol. The number of rotatable bonds is 6. The van der Waals surface area contributed by atoms with E-state index in [2.05, 4.69) is 10.6 Å². The molecule has 0 aromatic rings. The largest absolute Gasteiger partial charge is 0.480 e. The van der Waals surface area contributed by atoms with Crippen LogP contribution in [0.1, 0.15) is 13.8 Å². The van der Waals surface area contributed by atoms with Gasteiger partial charge in [0.25, 0.3) is 0 Å². The third-order valence-electron chi connectivity index (χ3n) is 1.81. The maximum absolute atomic E-state index is 11.2. The van der Waals surface area contributed by atoms with Crippen molar-refractivity contribution in [3.8, 4) is 0 Å². The lowest BCUT2D eigenvalue weighted by Crippen LogP contribution is -2.49. The molecule has 0 aliphatic heterocycles. The molecule has 0 fully saturated rings. The molecule has 0 aliphatic rings. The number of urea groups is 1. The Labute approximate surface area is 89.0 Å². The highest BCUT2D eigenvalue weighted by atomic mass is 16.5. The molecule has 15 heavy (non-hydrogen) atoms. The summed E-state index contributed by atoms with van der Waals surface area (Å²) in [5, 5.41) is 13.7. The van der Waals surface area contributed by atoms with E-state index in [1.165, 1.54) is 7.11 Å². The summed E-state index contributed by atoms with van der Waals surface area (Å²) < 4.78 is 4.73. The first-order chi connectivity index (χ1) is 6.99. The van der Waals surface area contributed by atoms with Crippen molar-refractivity contribution in [2.75, 3.05) is 20.3 Å². The van der Waals surface area contributed by atoms with Gasteiger partial charge in [0.1, 0.15) is 6.04 Å². The molecule has 3 N–H and O–H groups in total. The average Bonchev–Trinajstić information content (AvgIpc) is 2.13. The van der Waals surface area contributed by atoms with Crippen LogP contribution < -0.4 is 10.6 Å². The Hall–Kier alpha value is -1.30. The number of methoxy groups -OCH3 is 1. The number of aliphatic carboxylic acids is 1. The van der Waals surface area contributed by atoms with Gasteiger partial charge in [-0.25, -0.2) is 9.59 Å². The zero-order chi connectivity index (χ0) is 11.8. The molecule has 0 bridgehead atoms. The lowest BCUT2D eigenvalue weighted by molar-refractivity contribution is -0.140. The van der Waals surface area contributed by atoms with Crippen molar-refractivity contribution in [3.63, 3.8) is 0 Å². The van der Waals surface area contributed by atoms with Gasteiger partial charge in [0.05, 0.1) is 6.61 Å². The molecule has 6 heteroatoms. The zero-order valence-electron chi connectivity index (χ0n) is 9.24. The Balaban J connectivity index is 3.95. The molecule has 0 spiro atoms. The van der Waals surface area contributed by atoms with Crippen molar-refractivity contribution >= 4 is 12.0 Å². The Morgan fingerprint density at radius 2 is 2.00 bits per heavy atom. The molecule has 0 aliphatic carbocycles. The highest BCUT2D eigenvalue weighted by Crippen LogP contribution is 2.00. The van der Waals surface area contributed by atoms with Crippen LogP contribution in [0.2, 0.25) is 0 Å². The fourth-order valence-corrected chi connectivity index (χ4v) is 0.972. The minimum Gasteiger partial charge on any atom is -0.480 e. The van der Waals surface area contributed by atoms with E-state index in [4.69, 9.17) is 9.84 Å². The molecule has 2 amide bonds. The second kappa shape index (κ2) is 7.05. The smallest absolute Gasteiger partial charge is 0.326 e. The summed E-state index contributed by atoms with van der Waals surface area (Å²) in [6.07, 6.45) is 0. The van der Waals surface area contributed by atoms with Gasteiger partial charge in [-0.2, -0.15) is 0 Å². The number of nitrogens with one attached hydrogen (secondary N) is 2. The van der Waals surface area contributed by atoms with E-state index >= 15 is 0 Å². The van der Waals surface area contributed by atoms with Crippen molar-refractivity contribution in [3.05, 3.63) is 0 Å². The number of ether oxygens (including phenoxy) is 1. The SMILES string of the molecule is COCCNC(=O)NC(C(=O)O)C(C)C. The molecule has 0 saturated carbocycles. The van der Waals surface area contributed by atoms with Gasteiger partial charge in [-0.1, -0.05) is 13.8 Å². The van der Waals surface area contributed by atoms with Crippen molar-refractivity contribution in [1.29, 1.82) is 0 Å². The third-order valence-corrected chi connectivity index (χ3v) is 1.81. The lowest BCUT2D eigenvalue weighted by atomic mass is 10.1. The summed E-state index contributed by atoms with van der Waals surface area (Å²) in [4.78, 5) is 21.9. The molecule has 6 nitrogen and oxygen atoms in total. The van der Waals surface area contributed by atoms with Crippen LogP contribution in [-0.4, -0.2) is 43.4 Å². The van der Waals surface area contributed by atoms with Crippen LogP contribution >= 0.6 is 0 Å². The maximum Gasteiger partial charge on any atom is 0.326 e. The van der Waals surface area contributed by atoms with E-state index in [9.17, 15) is 9.59 Å². The van der Waals surface area contributed by atoms with E-state index in [1.54, 1.807) is 13.8 Å². The molecule has 0 heterocycles. The van der Waals surface area contributed by atoms with Crippen LogP contribution in [-0.2, 0) is 9.53 Å². The first kappa shape index (κ1) is 13.7. The highest BCUT2D eigenvalue weighted by molar-refractivity contribution is 5.82. The third kappa shape index (κ3) is 5.90. The molecule has 0 aromatic carbocycles. The van der Waals surface area contributed by atoms with Crippen molar-refractivity contribution in [2.45, 2.75) is 19.9 Å². The lowest BCUT2D eigenvalue weighted by Gasteiger charge is -2.18. The number of carbonyl (C=O) groups is 2. The van der Waals surface area contributed by atoms with Crippen LogP contribution in [0.3, 0.4) is 0 Å².